The van der Waals surface area contributed by atoms with Gasteiger partial charge in [-0.05, 0) is 55.3 Å². The molecule has 0 radical (unpaired) electrons. The van der Waals surface area contributed by atoms with Crippen LogP contribution in [0, 0.1) is 11.3 Å². The number of nitrogens with zero attached hydrogens (tertiary/aromatic N) is 1. The van der Waals surface area contributed by atoms with Crippen molar-refractivity contribution in [1.82, 2.24) is 5.32 Å². The molecule has 1 amide bonds. The summed E-state index contributed by atoms with van der Waals surface area (Å²) in [7, 11) is 0. The molecule has 25 heavy (non-hydrogen) atoms. The molecule has 5 nitrogen and oxygen atoms in total. The van der Waals surface area contributed by atoms with Gasteiger partial charge in [-0.15, -0.1) is 0 Å². The molecule has 0 aromatic heterocycles. The Hall–Kier alpha value is -2.84. The average molecular weight is 335 g/mol. The first-order valence-electron chi connectivity index (χ1n) is 8.46. The third-order valence-corrected chi connectivity index (χ3v) is 4.54. The fraction of sp³-hybridized carbons (Fsp3) is 0.300. The number of aliphatic hydroxyl groups is 1. The van der Waals surface area contributed by atoms with Gasteiger partial charge in [-0.25, -0.2) is 0 Å². The van der Waals surface area contributed by atoms with Crippen LogP contribution < -0.4 is 10.6 Å². The molecule has 5 heteroatoms. The largest absolute Gasteiger partial charge is 0.388 e. The van der Waals surface area contributed by atoms with Gasteiger partial charge < -0.3 is 15.7 Å². The summed E-state index contributed by atoms with van der Waals surface area (Å²) in [4.78, 5) is 12.3. The number of benzene rings is 2. The molecule has 0 spiro atoms. The summed E-state index contributed by atoms with van der Waals surface area (Å²) >= 11 is 0. The minimum atomic E-state index is -0.756. The molecule has 0 unspecified atom stereocenters. The van der Waals surface area contributed by atoms with Crippen LogP contribution in [0.2, 0.25) is 0 Å². The number of nitriles is 1. The van der Waals surface area contributed by atoms with Gasteiger partial charge in [0.25, 0.3) is 5.91 Å². The van der Waals surface area contributed by atoms with E-state index in [-0.39, 0.29) is 5.91 Å². The van der Waals surface area contributed by atoms with E-state index in [4.69, 9.17) is 5.26 Å². The van der Waals surface area contributed by atoms with Crippen LogP contribution in [0.25, 0.3) is 0 Å². The van der Waals surface area contributed by atoms with Crippen LogP contribution in [-0.4, -0.2) is 23.2 Å². The molecule has 2 aromatic rings. The Morgan fingerprint density at radius 3 is 2.52 bits per heavy atom. The highest BCUT2D eigenvalue weighted by molar-refractivity contribution is 5.95. The fourth-order valence-electron chi connectivity index (χ4n) is 3.09. The molecule has 0 aliphatic heterocycles. The summed E-state index contributed by atoms with van der Waals surface area (Å²) in [6, 6.07) is 16.4. The number of rotatable bonds is 5. The predicted molar refractivity (Wildman–Crippen MR) is 96.6 cm³/mol. The van der Waals surface area contributed by atoms with E-state index in [2.05, 4.69) is 16.7 Å². The molecule has 1 aliphatic rings. The van der Waals surface area contributed by atoms with Crippen LogP contribution in [0.4, 0.5) is 11.4 Å². The zero-order valence-corrected chi connectivity index (χ0v) is 14.0. The molecule has 0 heterocycles. The number of carbonyl (C=O) groups is 1. The Bertz CT molecular complexity index is 787. The number of nitrogens with one attached hydrogen (secondary N) is 2. The van der Waals surface area contributed by atoms with Crippen molar-refractivity contribution in [2.24, 2.45) is 0 Å². The van der Waals surface area contributed by atoms with Gasteiger partial charge in [0.05, 0.1) is 17.2 Å². The summed E-state index contributed by atoms with van der Waals surface area (Å²) in [5.74, 6) is -0.191. The van der Waals surface area contributed by atoms with Crippen LogP contribution in [-0.2, 0) is 0 Å². The Morgan fingerprint density at radius 2 is 1.84 bits per heavy atom. The third-order valence-electron chi connectivity index (χ3n) is 4.54. The fourth-order valence-corrected chi connectivity index (χ4v) is 3.09. The molecule has 2 aromatic carbocycles. The van der Waals surface area contributed by atoms with Gasteiger partial charge in [-0.1, -0.05) is 18.9 Å². The second-order valence-electron chi connectivity index (χ2n) is 6.51. The second-order valence-corrected chi connectivity index (χ2v) is 6.51. The number of hydrogen-bond acceptors (Lipinski definition) is 4. The van der Waals surface area contributed by atoms with Gasteiger partial charge >= 0.3 is 0 Å². The zero-order valence-electron chi connectivity index (χ0n) is 14.0. The van der Waals surface area contributed by atoms with Crippen LogP contribution in [0.15, 0.2) is 48.5 Å². The maximum atomic E-state index is 12.3. The summed E-state index contributed by atoms with van der Waals surface area (Å²) in [6.07, 6.45) is 3.51. The standard InChI is InChI=1S/C20H21N3O2/c21-13-15-6-8-17(9-7-15)23-18-5-3-4-16(12-18)19(24)22-14-20(25)10-1-2-11-20/h3-9,12,23,25H,1-2,10-11,14H2,(H,22,24). The van der Waals surface area contributed by atoms with Crippen LogP contribution >= 0.6 is 0 Å². The predicted octanol–water partition coefficient (Wildman–Crippen LogP) is 3.34. The molecule has 128 valence electrons. The summed E-state index contributed by atoms with van der Waals surface area (Å²) in [5, 5.41) is 25.2. The van der Waals surface area contributed by atoms with Crippen molar-refractivity contribution in [3.05, 3.63) is 59.7 Å². The molecule has 0 atom stereocenters. The summed E-state index contributed by atoms with van der Waals surface area (Å²) in [5.41, 5.74) is 2.02. The van der Waals surface area contributed by atoms with Crippen LogP contribution in [0.1, 0.15) is 41.6 Å². The zero-order chi connectivity index (χ0) is 17.7. The van der Waals surface area contributed by atoms with Gasteiger partial charge in [0.2, 0.25) is 0 Å². The topological polar surface area (TPSA) is 85.2 Å². The SMILES string of the molecule is N#Cc1ccc(Nc2cccc(C(=O)NCC3(O)CCCC3)c2)cc1. The van der Waals surface area contributed by atoms with Crippen molar-refractivity contribution in [2.75, 3.05) is 11.9 Å². The van der Waals surface area contributed by atoms with Crippen LogP contribution in [0.5, 0.6) is 0 Å². The third kappa shape index (κ3) is 4.37. The first-order chi connectivity index (χ1) is 12.1. The van der Waals surface area contributed by atoms with Crippen molar-refractivity contribution < 1.29 is 9.90 Å². The number of hydrogen-bond donors (Lipinski definition) is 3. The van der Waals surface area contributed by atoms with Gasteiger partial charge in [-0.3, -0.25) is 4.79 Å². The minimum absolute atomic E-state index is 0.191. The minimum Gasteiger partial charge on any atom is -0.388 e. The molecule has 3 N–H and O–H groups in total. The second kappa shape index (κ2) is 7.37. The van der Waals surface area contributed by atoms with E-state index in [9.17, 15) is 9.90 Å². The molecule has 0 bridgehead atoms. The maximum Gasteiger partial charge on any atom is 0.251 e. The van der Waals surface area contributed by atoms with Crippen LogP contribution in [0.3, 0.4) is 0 Å². The van der Waals surface area contributed by atoms with E-state index in [1.54, 1.807) is 24.3 Å². The molecule has 0 saturated heterocycles. The lowest BCUT2D eigenvalue weighted by molar-refractivity contribution is 0.0449. The summed E-state index contributed by atoms with van der Waals surface area (Å²) in [6.45, 7) is 0.291. The lowest BCUT2D eigenvalue weighted by atomic mass is 10.0. The van der Waals surface area contributed by atoms with Gasteiger partial charge in [-0.2, -0.15) is 5.26 Å². The first kappa shape index (κ1) is 17.0. The summed E-state index contributed by atoms with van der Waals surface area (Å²) < 4.78 is 0. The quantitative estimate of drug-likeness (QED) is 0.782. The highest BCUT2D eigenvalue weighted by Gasteiger charge is 2.31. The number of carbonyl (C=O) groups excluding carboxylic acids is 1. The highest BCUT2D eigenvalue weighted by atomic mass is 16.3. The Labute approximate surface area is 147 Å². The van der Waals surface area contributed by atoms with Gasteiger partial charge in [0.1, 0.15) is 0 Å². The number of amides is 1. The molecule has 1 saturated carbocycles. The van der Waals surface area contributed by atoms with E-state index in [0.717, 1.165) is 37.1 Å². The van der Waals surface area contributed by atoms with E-state index in [1.807, 2.05) is 24.3 Å². The van der Waals surface area contributed by atoms with Crippen molar-refractivity contribution in [3.63, 3.8) is 0 Å². The Kier molecular flexibility index (Phi) is 5.01. The van der Waals surface area contributed by atoms with Gasteiger partial charge in [0.15, 0.2) is 0 Å². The Balaban J connectivity index is 1.63. The smallest absolute Gasteiger partial charge is 0.251 e. The van der Waals surface area contributed by atoms with E-state index < -0.39 is 5.60 Å². The lowest BCUT2D eigenvalue weighted by Gasteiger charge is -2.22. The number of anilines is 2. The molecule has 1 fully saturated rings. The van der Waals surface area contributed by atoms with Crippen molar-refractivity contribution in [2.45, 2.75) is 31.3 Å². The van der Waals surface area contributed by atoms with Crippen molar-refractivity contribution in [3.8, 4) is 6.07 Å². The molecular formula is C20H21N3O2. The van der Waals surface area contributed by atoms with Crippen molar-refractivity contribution >= 4 is 17.3 Å². The normalized spacial score (nSPS) is 15.4. The van der Waals surface area contributed by atoms with E-state index in [0.29, 0.717) is 17.7 Å². The van der Waals surface area contributed by atoms with Gasteiger partial charge in [0, 0.05) is 23.5 Å². The van der Waals surface area contributed by atoms with Crippen molar-refractivity contribution in [1.29, 1.82) is 5.26 Å². The molecule has 3 rings (SSSR count). The average Bonchev–Trinajstić information content (AvgIpc) is 3.07. The Morgan fingerprint density at radius 1 is 1.12 bits per heavy atom. The maximum absolute atomic E-state index is 12.3. The van der Waals surface area contributed by atoms with E-state index >= 15 is 0 Å². The molecule has 1 aliphatic carbocycles. The first-order valence-corrected chi connectivity index (χ1v) is 8.46. The van der Waals surface area contributed by atoms with E-state index in [1.165, 1.54) is 0 Å². The highest BCUT2D eigenvalue weighted by Crippen LogP contribution is 2.28. The monoisotopic (exact) mass is 335 g/mol. The lowest BCUT2D eigenvalue weighted by Crippen LogP contribution is -2.40. The molecular weight excluding hydrogens is 314 g/mol.